The van der Waals surface area contributed by atoms with Crippen molar-refractivity contribution in [3.8, 4) is 0 Å². The van der Waals surface area contributed by atoms with Crippen molar-refractivity contribution >= 4 is 34.7 Å². The SMILES string of the molecule is CC(=O)Nc1ccc(NC(=O)c2cc(Nc3ccc(C)cc3C)ncn2)cc1. The van der Waals surface area contributed by atoms with Gasteiger partial charge in [-0.2, -0.15) is 0 Å². The molecule has 1 aromatic heterocycles. The van der Waals surface area contributed by atoms with Crippen LogP contribution in [0.25, 0.3) is 0 Å². The number of anilines is 4. The Bertz CT molecular complexity index is 1020. The van der Waals surface area contributed by atoms with Crippen molar-refractivity contribution in [1.29, 1.82) is 0 Å². The van der Waals surface area contributed by atoms with Crippen LogP contribution in [0, 0.1) is 13.8 Å². The van der Waals surface area contributed by atoms with Crippen molar-refractivity contribution in [3.63, 3.8) is 0 Å². The van der Waals surface area contributed by atoms with Crippen molar-refractivity contribution in [2.45, 2.75) is 20.8 Å². The average Bonchev–Trinajstić information content (AvgIpc) is 2.65. The Balaban J connectivity index is 1.70. The molecule has 3 aromatic rings. The van der Waals surface area contributed by atoms with E-state index in [1.807, 2.05) is 26.0 Å². The second-order valence-electron chi connectivity index (χ2n) is 6.44. The van der Waals surface area contributed by atoms with Crippen molar-refractivity contribution in [3.05, 3.63) is 71.7 Å². The van der Waals surface area contributed by atoms with Crippen LogP contribution in [0.4, 0.5) is 22.9 Å². The summed E-state index contributed by atoms with van der Waals surface area (Å²) in [4.78, 5) is 31.8. The third kappa shape index (κ3) is 4.91. The number of hydrogen-bond acceptors (Lipinski definition) is 5. The minimum atomic E-state index is -0.349. The van der Waals surface area contributed by atoms with E-state index < -0.39 is 0 Å². The van der Waals surface area contributed by atoms with Gasteiger partial charge >= 0.3 is 0 Å². The predicted molar refractivity (Wildman–Crippen MR) is 110 cm³/mol. The van der Waals surface area contributed by atoms with Gasteiger partial charge in [-0.05, 0) is 49.7 Å². The van der Waals surface area contributed by atoms with Gasteiger partial charge < -0.3 is 16.0 Å². The molecular formula is C21H21N5O2. The first kappa shape index (κ1) is 19.0. The molecule has 0 bridgehead atoms. The van der Waals surface area contributed by atoms with Crippen LogP contribution < -0.4 is 16.0 Å². The zero-order valence-corrected chi connectivity index (χ0v) is 15.9. The molecule has 0 aliphatic carbocycles. The van der Waals surface area contributed by atoms with E-state index in [9.17, 15) is 9.59 Å². The van der Waals surface area contributed by atoms with Gasteiger partial charge in [0, 0.05) is 30.1 Å². The molecule has 0 fully saturated rings. The first-order chi connectivity index (χ1) is 13.4. The smallest absolute Gasteiger partial charge is 0.274 e. The van der Waals surface area contributed by atoms with Crippen molar-refractivity contribution < 1.29 is 9.59 Å². The molecule has 2 amide bonds. The molecule has 0 saturated heterocycles. The summed E-state index contributed by atoms with van der Waals surface area (Å²) in [5.74, 6) is 0.0353. The normalized spacial score (nSPS) is 10.2. The Hall–Kier alpha value is -3.74. The average molecular weight is 375 g/mol. The zero-order valence-electron chi connectivity index (χ0n) is 15.9. The van der Waals surface area contributed by atoms with Crippen LogP contribution in [-0.2, 0) is 4.79 Å². The highest BCUT2D eigenvalue weighted by Crippen LogP contribution is 2.21. The van der Waals surface area contributed by atoms with Crippen LogP contribution >= 0.6 is 0 Å². The fraction of sp³-hybridized carbons (Fsp3) is 0.143. The number of nitrogens with one attached hydrogen (secondary N) is 3. The number of aromatic nitrogens is 2. The lowest BCUT2D eigenvalue weighted by Gasteiger charge is -2.10. The maximum absolute atomic E-state index is 12.5. The molecular weight excluding hydrogens is 354 g/mol. The molecule has 0 radical (unpaired) electrons. The van der Waals surface area contributed by atoms with E-state index in [0.29, 0.717) is 17.2 Å². The van der Waals surface area contributed by atoms with Gasteiger partial charge in [0.1, 0.15) is 17.8 Å². The fourth-order valence-electron chi connectivity index (χ4n) is 2.68. The third-order valence-electron chi connectivity index (χ3n) is 4.01. The van der Waals surface area contributed by atoms with Crippen molar-refractivity contribution in [2.75, 3.05) is 16.0 Å². The molecule has 0 saturated carbocycles. The maximum Gasteiger partial charge on any atom is 0.274 e. The van der Waals surface area contributed by atoms with Gasteiger partial charge in [-0.1, -0.05) is 17.7 Å². The highest BCUT2D eigenvalue weighted by atomic mass is 16.2. The lowest BCUT2D eigenvalue weighted by molar-refractivity contribution is -0.114. The Kier molecular flexibility index (Phi) is 5.64. The summed E-state index contributed by atoms with van der Waals surface area (Å²) >= 11 is 0. The number of benzene rings is 2. The summed E-state index contributed by atoms with van der Waals surface area (Å²) < 4.78 is 0. The van der Waals surface area contributed by atoms with Gasteiger partial charge in [0.2, 0.25) is 5.91 Å². The largest absolute Gasteiger partial charge is 0.340 e. The van der Waals surface area contributed by atoms with E-state index in [0.717, 1.165) is 11.3 Å². The summed E-state index contributed by atoms with van der Waals surface area (Å²) in [5.41, 5.74) is 4.69. The van der Waals surface area contributed by atoms with Gasteiger partial charge in [0.25, 0.3) is 5.91 Å². The molecule has 2 aromatic carbocycles. The molecule has 3 rings (SSSR count). The Morgan fingerprint density at radius 2 is 1.54 bits per heavy atom. The molecule has 0 atom stereocenters. The van der Waals surface area contributed by atoms with Gasteiger partial charge in [0.15, 0.2) is 0 Å². The van der Waals surface area contributed by atoms with Crippen LogP contribution in [0.2, 0.25) is 0 Å². The summed E-state index contributed by atoms with van der Waals surface area (Å²) in [7, 11) is 0. The fourth-order valence-corrected chi connectivity index (χ4v) is 2.68. The van der Waals surface area contributed by atoms with Crippen LogP contribution in [0.15, 0.2) is 54.9 Å². The maximum atomic E-state index is 12.5. The second kappa shape index (κ2) is 8.30. The summed E-state index contributed by atoms with van der Waals surface area (Å²) in [5, 5.41) is 8.67. The summed E-state index contributed by atoms with van der Waals surface area (Å²) in [6.07, 6.45) is 1.35. The molecule has 7 nitrogen and oxygen atoms in total. The van der Waals surface area contributed by atoms with Gasteiger partial charge in [0.05, 0.1) is 0 Å². The number of nitrogens with zero attached hydrogens (tertiary/aromatic N) is 2. The first-order valence-corrected chi connectivity index (χ1v) is 8.76. The van der Waals surface area contributed by atoms with Gasteiger partial charge in [-0.3, -0.25) is 9.59 Å². The number of aryl methyl sites for hydroxylation is 2. The molecule has 28 heavy (non-hydrogen) atoms. The number of amides is 2. The molecule has 0 unspecified atom stereocenters. The quantitative estimate of drug-likeness (QED) is 0.625. The van der Waals surface area contributed by atoms with E-state index in [-0.39, 0.29) is 17.5 Å². The van der Waals surface area contributed by atoms with E-state index in [4.69, 9.17) is 0 Å². The van der Waals surface area contributed by atoms with Crippen molar-refractivity contribution in [1.82, 2.24) is 9.97 Å². The zero-order chi connectivity index (χ0) is 20.1. The molecule has 0 aliphatic rings. The van der Waals surface area contributed by atoms with Crippen LogP contribution in [0.5, 0.6) is 0 Å². The number of carbonyl (C=O) groups excluding carboxylic acids is 2. The summed E-state index contributed by atoms with van der Waals surface area (Å²) in [6, 6.07) is 14.5. The summed E-state index contributed by atoms with van der Waals surface area (Å²) in [6.45, 7) is 5.48. The Morgan fingerprint density at radius 1 is 0.857 bits per heavy atom. The monoisotopic (exact) mass is 375 g/mol. The number of carbonyl (C=O) groups is 2. The molecule has 7 heteroatoms. The predicted octanol–water partition coefficient (Wildman–Crippen LogP) is 4.05. The number of rotatable bonds is 5. The lowest BCUT2D eigenvalue weighted by atomic mass is 10.1. The van der Waals surface area contributed by atoms with Crippen LogP contribution in [-0.4, -0.2) is 21.8 Å². The molecule has 0 aliphatic heterocycles. The van der Waals surface area contributed by atoms with E-state index >= 15 is 0 Å². The molecule has 1 heterocycles. The third-order valence-corrected chi connectivity index (χ3v) is 4.01. The van der Waals surface area contributed by atoms with Gasteiger partial charge in [-0.25, -0.2) is 9.97 Å². The van der Waals surface area contributed by atoms with Crippen molar-refractivity contribution in [2.24, 2.45) is 0 Å². The lowest BCUT2D eigenvalue weighted by Crippen LogP contribution is -2.14. The minimum absolute atomic E-state index is 0.151. The Morgan fingerprint density at radius 3 is 2.18 bits per heavy atom. The first-order valence-electron chi connectivity index (χ1n) is 8.76. The second-order valence-corrected chi connectivity index (χ2v) is 6.44. The van der Waals surface area contributed by atoms with Gasteiger partial charge in [-0.15, -0.1) is 0 Å². The molecule has 142 valence electrons. The van der Waals surface area contributed by atoms with Crippen LogP contribution in [0.1, 0.15) is 28.5 Å². The molecule has 0 spiro atoms. The van der Waals surface area contributed by atoms with Crippen LogP contribution in [0.3, 0.4) is 0 Å². The number of hydrogen-bond donors (Lipinski definition) is 3. The highest BCUT2D eigenvalue weighted by Gasteiger charge is 2.10. The minimum Gasteiger partial charge on any atom is -0.340 e. The molecule has 3 N–H and O–H groups in total. The standard InChI is InChI=1S/C21H21N5O2/c1-13-4-9-18(14(2)10-13)26-20-11-19(22-12-23-20)21(28)25-17-7-5-16(6-8-17)24-15(3)27/h4-12H,1-3H3,(H,24,27)(H,25,28)(H,22,23,26). The van der Waals surface area contributed by atoms with E-state index in [2.05, 4.69) is 32.0 Å². The topological polar surface area (TPSA) is 96.0 Å². The van der Waals surface area contributed by atoms with E-state index in [1.165, 1.54) is 18.8 Å². The Labute approximate surface area is 163 Å². The highest BCUT2D eigenvalue weighted by molar-refractivity contribution is 6.03. The van der Waals surface area contributed by atoms with E-state index in [1.54, 1.807) is 30.3 Å².